The number of amides is 1. The van der Waals surface area contributed by atoms with Crippen molar-refractivity contribution < 1.29 is 22.4 Å². The van der Waals surface area contributed by atoms with E-state index in [-0.39, 0.29) is 4.90 Å². The summed E-state index contributed by atoms with van der Waals surface area (Å²) in [5, 5.41) is 2.66. The lowest BCUT2D eigenvalue weighted by molar-refractivity contribution is -0.111. The normalized spacial score (nSPS) is 11.4. The summed E-state index contributed by atoms with van der Waals surface area (Å²) in [4.78, 5) is 12.2. The molecule has 0 fully saturated rings. The van der Waals surface area contributed by atoms with Gasteiger partial charge >= 0.3 is 0 Å². The SMILES string of the molecule is COc1ccc(NS(=O)(=O)c2cc(NC(=O)/C=C/c3ccc(C)o3)ccc2C)cc1. The molecule has 2 aromatic carbocycles. The minimum Gasteiger partial charge on any atom is -0.497 e. The summed E-state index contributed by atoms with van der Waals surface area (Å²) in [5.74, 6) is 1.52. The Kier molecular flexibility index (Phi) is 6.27. The van der Waals surface area contributed by atoms with Gasteiger partial charge in [-0.15, -0.1) is 0 Å². The van der Waals surface area contributed by atoms with Crippen LogP contribution in [-0.2, 0) is 14.8 Å². The van der Waals surface area contributed by atoms with Crippen LogP contribution in [0.3, 0.4) is 0 Å². The molecule has 0 saturated carbocycles. The molecule has 1 aromatic heterocycles. The van der Waals surface area contributed by atoms with E-state index in [4.69, 9.17) is 9.15 Å². The second-order valence-electron chi connectivity index (χ2n) is 6.59. The highest BCUT2D eigenvalue weighted by Gasteiger charge is 2.18. The maximum atomic E-state index is 12.8. The van der Waals surface area contributed by atoms with E-state index in [1.807, 2.05) is 6.92 Å². The molecule has 30 heavy (non-hydrogen) atoms. The van der Waals surface area contributed by atoms with Crippen LogP contribution in [-0.4, -0.2) is 21.4 Å². The highest BCUT2D eigenvalue weighted by molar-refractivity contribution is 7.92. The number of aryl methyl sites for hydroxylation is 2. The largest absolute Gasteiger partial charge is 0.497 e. The fraction of sp³-hybridized carbons (Fsp3) is 0.136. The predicted octanol–water partition coefficient (Wildman–Crippen LogP) is 4.36. The van der Waals surface area contributed by atoms with Crippen molar-refractivity contribution in [1.82, 2.24) is 0 Å². The van der Waals surface area contributed by atoms with Gasteiger partial charge in [0.05, 0.1) is 12.0 Å². The van der Waals surface area contributed by atoms with Gasteiger partial charge in [-0.3, -0.25) is 9.52 Å². The first-order valence-electron chi connectivity index (χ1n) is 9.10. The summed E-state index contributed by atoms with van der Waals surface area (Å²) >= 11 is 0. The van der Waals surface area contributed by atoms with Gasteiger partial charge in [0.25, 0.3) is 10.0 Å². The van der Waals surface area contributed by atoms with Gasteiger partial charge in [-0.1, -0.05) is 6.07 Å². The molecule has 7 nitrogen and oxygen atoms in total. The second kappa shape index (κ2) is 8.87. The third-order valence-electron chi connectivity index (χ3n) is 4.25. The first-order valence-corrected chi connectivity index (χ1v) is 10.6. The van der Waals surface area contributed by atoms with E-state index < -0.39 is 15.9 Å². The molecule has 0 bridgehead atoms. The summed E-state index contributed by atoms with van der Waals surface area (Å²) in [6.45, 7) is 3.50. The Morgan fingerprint density at radius 3 is 2.33 bits per heavy atom. The lowest BCUT2D eigenvalue weighted by Crippen LogP contribution is -2.15. The highest BCUT2D eigenvalue weighted by Crippen LogP contribution is 2.24. The van der Waals surface area contributed by atoms with Crippen LogP contribution in [0.5, 0.6) is 5.75 Å². The average molecular weight is 426 g/mol. The van der Waals surface area contributed by atoms with Crippen molar-refractivity contribution in [2.45, 2.75) is 18.7 Å². The summed E-state index contributed by atoms with van der Waals surface area (Å²) < 4.78 is 38.7. The Balaban J connectivity index is 1.76. The maximum Gasteiger partial charge on any atom is 0.262 e. The number of carbonyl (C=O) groups is 1. The fourth-order valence-electron chi connectivity index (χ4n) is 2.72. The van der Waals surface area contributed by atoms with Gasteiger partial charge in [0.2, 0.25) is 5.91 Å². The van der Waals surface area contributed by atoms with Crippen molar-refractivity contribution in [1.29, 1.82) is 0 Å². The molecule has 0 unspecified atom stereocenters. The van der Waals surface area contributed by atoms with Gasteiger partial charge in [-0.2, -0.15) is 0 Å². The average Bonchev–Trinajstić information content (AvgIpc) is 3.13. The standard InChI is InChI=1S/C22H22N2O5S/c1-15-4-6-18(23-22(25)13-12-20-9-5-16(2)29-20)14-21(15)30(26,27)24-17-7-10-19(28-3)11-8-17/h4-14,24H,1-3H3,(H,23,25)/b13-12+. The van der Waals surface area contributed by atoms with Gasteiger partial charge in [-0.05, 0) is 74.0 Å². The van der Waals surface area contributed by atoms with Gasteiger partial charge < -0.3 is 14.5 Å². The first kappa shape index (κ1) is 21.2. The lowest BCUT2D eigenvalue weighted by atomic mass is 10.2. The molecule has 0 aliphatic rings. The molecule has 3 aromatic rings. The zero-order valence-electron chi connectivity index (χ0n) is 16.8. The first-order chi connectivity index (χ1) is 14.3. The number of anilines is 2. The molecule has 0 spiro atoms. The van der Waals surface area contributed by atoms with E-state index in [1.54, 1.807) is 61.5 Å². The maximum absolute atomic E-state index is 12.8. The molecule has 0 atom stereocenters. The molecule has 0 aliphatic carbocycles. The molecular weight excluding hydrogens is 404 g/mol. The predicted molar refractivity (Wildman–Crippen MR) is 116 cm³/mol. The van der Waals surface area contributed by atoms with Gasteiger partial charge in [-0.25, -0.2) is 8.42 Å². The topological polar surface area (TPSA) is 97.6 Å². The van der Waals surface area contributed by atoms with E-state index in [0.717, 1.165) is 5.76 Å². The number of rotatable bonds is 7. The van der Waals surface area contributed by atoms with Gasteiger partial charge in [0, 0.05) is 17.5 Å². The van der Waals surface area contributed by atoms with Crippen LogP contribution < -0.4 is 14.8 Å². The number of benzene rings is 2. The van der Waals surface area contributed by atoms with Crippen molar-refractivity contribution in [2.24, 2.45) is 0 Å². The second-order valence-corrected chi connectivity index (χ2v) is 8.24. The molecule has 1 heterocycles. The Morgan fingerprint density at radius 1 is 1.00 bits per heavy atom. The number of furan rings is 1. The van der Waals surface area contributed by atoms with Gasteiger partial charge in [0.15, 0.2) is 0 Å². The van der Waals surface area contributed by atoms with E-state index in [2.05, 4.69) is 10.0 Å². The number of carbonyl (C=O) groups excluding carboxylic acids is 1. The summed E-state index contributed by atoms with van der Waals surface area (Å²) in [6.07, 6.45) is 2.86. The summed E-state index contributed by atoms with van der Waals surface area (Å²) in [6, 6.07) is 14.8. The van der Waals surface area contributed by atoms with Crippen LogP contribution in [0.1, 0.15) is 17.1 Å². The monoisotopic (exact) mass is 426 g/mol. The Bertz CT molecular complexity index is 1180. The van der Waals surface area contributed by atoms with Crippen LogP contribution in [0.2, 0.25) is 0 Å². The molecular formula is C22H22N2O5S. The molecule has 2 N–H and O–H groups in total. The fourth-order valence-corrected chi connectivity index (χ4v) is 4.05. The van der Waals surface area contributed by atoms with Crippen molar-refractivity contribution in [2.75, 3.05) is 17.1 Å². The zero-order chi connectivity index (χ0) is 21.7. The molecule has 8 heteroatoms. The quantitative estimate of drug-likeness (QED) is 0.547. The Morgan fingerprint density at radius 2 is 1.70 bits per heavy atom. The minimum atomic E-state index is -3.85. The highest BCUT2D eigenvalue weighted by atomic mass is 32.2. The molecule has 0 aliphatic heterocycles. The van der Waals surface area contributed by atoms with Gasteiger partial charge in [0.1, 0.15) is 17.3 Å². The Hall–Kier alpha value is -3.52. The summed E-state index contributed by atoms with van der Waals surface area (Å²) in [7, 11) is -2.31. The van der Waals surface area contributed by atoms with Crippen LogP contribution in [0, 0.1) is 13.8 Å². The van der Waals surface area contributed by atoms with Crippen molar-refractivity contribution >= 4 is 33.4 Å². The number of methoxy groups -OCH3 is 1. The van der Waals surface area contributed by atoms with Crippen LogP contribution in [0.4, 0.5) is 11.4 Å². The number of sulfonamides is 1. The van der Waals surface area contributed by atoms with Crippen LogP contribution >= 0.6 is 0 Å². The lowest BCUT2D eigenvalue weighted by Gasteiger charge is -2.12. The minimum absolute atomic E-state index is 0.0711. The van der Waals surface area contributed by atoms with E-state index >= 15 is 0 Å². The number of ether oxygens (including phenoxy) is 1. The van der Waals surface area contributed by atoms with Crippen molar-refractivity contribution in [3.05, 3.63) is 77.8 Å². The van der Waals surface area contributed by atoms with E-state index in [1.165, 1.54) is 19.3 Å². The number of nitrogens with one attached hydrogen (secondary N) is 2. The molecule has 0 saturated heterocycles. The third kappa shape index (κ3) is 5.30. The van der Waals surface area contributed by atoms with Crippen LogP contribution in [0.25, 0.3) is 6.08 Å². The smallest absolute Gasteiger partial charge is 0.262 e. The molecule has 0 radical (unpaired) electrons. The van der Waals surface area contributed by atoms with Crippen LogP contribution in [0.15, 0.2) is 70.0 Å². The van der Waals surface area contributed by atoms with E-state index in [9.17, 15) is 13.2 Å². The van der Waals surface area contributed by atoms with Crippen molar-refractivity contribution in [3.63, 3.8) is 0 Å². The number of hydrogen-bond donors (Lipinski definition) is 2. The Labute approximate surface area is 175 Å². The van der Waals surface area contributed by atoms with E-state index in [0.29, 0.717) is 28.4 Å². The molecule has 156 valence electrons. The summed E-state index contributed by atoms with van der Waals surface area (Å²) in [5.41, 5.74) is 1.32. The van der Waals surface area contributed by atoms with Crippen molar-refractivity contribution in [3.8, 4) is 5.75 Å². The zero-order valence-corrected chi connectivity index (χ0v) is 17.6. The molecule has 1 amide bonds. The number of hydrogen-bond acceptors (Lipinski definition) is 5. The third-order valence-corrected chi connectivity index (χ3v) is 5.77. The molecule has 3 rings (SSSR count).